The van der Waals surface area contributed by atoms with E-state index in [-0.39, 0.29) is 34.9 Å². The summed E-state index contributed by atoms with van der Waals surface area (Å²) in [4.78, 5) is 58.5. The highest BCUT2D eigenvalue weighted by atomic mass is 16.4. The normalized spacial score (nSPS) is 14.5. The number of aromatic nitrogens is 3. The van der Waals surface area contributed by atoms with Crippen molar-refractivity contribution in [3.8, 4) is 0 Å². The molecule has 1 aliphatic carbocycles. The molecular weight excluding hydrogens is 420 g/mol. The summed E-state index contributed by atoms with van der Waals surface area (Å²) in [5.74, 6) is -1.15. The van der Waals surface area contributed by atoms with Gasteiger partial charge in [-0.3, -0.25) is 24.8 Å². The number of carboxylic acids is 1. The van der Waals surface area contributed by atoms with Gasteiger partial charge in [0.1, 0.15) is 11.9 Å². The number of nitrogen functional groups attached to an aromatic ring is 2. The zero-order valence-corrected chi connectivity index (χ0v) is 17.1. The van der Waals surface area contributed by atoms with Gasteiger partial charge in [-0.2, -0.15) is 4.98 Å². The van der Waals surface area contributed by atoms with Crippen molar-refractivity contribution >= 4 is 47.4 Å². The topological polar surface area (TPSA) is 209 Å². The van der Waals surface area contributed by atoms with Crippen LogP contribution in [-0.4, -0.2) is 44.5 Å². The smallest absolute Gasteiger partial charge is 0.326 e. The third-order valence-electron chi connectivity index (χ3n) is 5.24. The number of amides is 3. The highest BCUT2D eigenvalue weighted by molar-refractivity contribution is 6.01. The predicted octanol–water partition coefficient (Wildman–Crippen LogP) is 0.970. The summed E-state index contributed by atoms with van der Waals surface area (Å²) < 4.78 is 0. The second-order valence-corrected chi connectivity index (χ2v) is 7.45. The van der Waals surface area contributed by atoms with E-state index in [1.807, 2.05) is 0 Å². The Balaban J connectivity index is 1.69. The monoisotopic (exact) mass is 444 g/mol. The Morgan fingerprint density at radius 2 is 2.00 bits per heavy atom. The van der Waals surface area contributed by atoms with Crippen molar-refractivity contribution in [1.82, 2.24) is 15.0 Å². The molecule has 1 saturated carbocycles. The van der Waals surface area contributed by atoms with Crippen LogP contribution < -0.4 is 32.6 Å². The van der Waals surface area contributed by atoms with E-state index in [9.17, 15) is 24.3 Å². The third-order valence-corrected chi connectivity index (χ3v) is 5.24. The van der Waals surface area contributed by atoms with Crippen LogP contribution in [0.3, 0.4) is 0 Å². The molecule has 2 aromatic heterocycles. The van der Waals surface area contributed by atoms with E-state index >= 15 is 0 Å². The lowest BCUT2D eigenvalue weighted by Gasteiger charge is -2.26. The molecule has 0 bridgehead atoms. The van der Waals surface area contributed by atoms with Crippen molar-refractivity contribution in [1.29, 1.82) is 0 Å². The zero-order valence-electron chi connectivity index (χ0n) is 17.1. The average Bonchev–Trinajstić information content (AvgIpc) is 3.25. The average molecular weight is 444 g/mol. The van der Waals surface area contributed by atoms with E-state index in [2.05, 4.69) is 25.6 Å². The van der Waals surface area contributed by atoms with E-state index in [0.717, 1.165) is 30.6 Å². The number of nitrogens with two attached hydrogens (primary N) is 2. The first-order valence-electron chi connectivity index (χ1n) is 9.94. The number of nitrogens with one attached hydrogen (secondary N) is 3. The number of aromatic amines is 1. The fourth-order valence-corrected chi connectivity index (χ4v) is 3.70. The molecule has 0 aliphatic heterocycles. The zero-order chi connectivity index (χ0) is 23.3. The van der Waals surface area contributed by atoms with E-state index in [1.165, 1.54) is 18.3 Å². The molecular formula is C19H24N8O5. The van der Waals surface area contributed by atoms with Crippen molar-refractivity contribution in [2.75, 3.05) is 27.0 Å². The summed E-state index contributed by atoms with van der Waals surface area (Å²) >= 11 is 0. The van der Waals surface area contributed by atoms with Gasteiger partial charge in [-0.1, -0.05) is 25.7 Å². The summed E-state index contributed by atoms with van der Waals surface area (Å²) in [6, 6.07) is 1.04. The van der Waals surface area contributed by atoms with Crippen LogP contribution in [0.15, 0.2) is 23.1 Å². The van der Waals surface area contributed by atoms with Crippen LogP contribution in [0.4, 0.5) is 33.8 Å². The number of rotatable bonds is 8. The van der Waals surface area contributed by atoms with Crippen LogP contribution in [0.2, 0.25) is 0 Å². The molecule has 0 aromatic carbocycles. The SMILES string of the molecule is Nc1nc(N)c(NC(=O)Nc2ccc(N(C=O)[C@@H](CC3CCCC3)C(=O)O)nc2)c(=O)[nH]1. The first-order valence-corrected chi connectivity index (χ1v) is 9.94. The van der Waals surface area contributed by atoms with Gasteiger partial charge in [0.05, 0.1) is 11.9 Å². The molecule has 2 aromatic rings. The van der Waals surface area contributed by atoms with Crippen molar-refractivity contribution in [2.24, 2.45) is 5.92 Å². The predicted molar refractivity (Wildman–Crippen MR) is 117 cm³/mol. The molecule has 3 rings (SSSR count). The number of anilines is 5. The molecule has 1 fully saturated rings. The van der Waals surface area contributed by atoms with Gasteiger partial charge >= 0.3 is 12.0 Å². The van der Waals surface area contributed by atoms with E-state index < -0.39 is 23.6 Å². The van der Waals surface area contributed by atoms with Crippen molar-refractivity contribution in [3.63, 3.8) is 0 Å². The summed E-state index contributed by atoms with van der Waals surface area (Å²) in [6.45, 7) is 0. The number of carbonyl (C=O) groups excluding carboxylic acids is 2. The Morgan fingerprint density at radius 1 is 1.28 bits per heavy atom. The van der Waals surface area contributed by atoms with E-state index in [0.29, 0.717) is 12.8 Å². The van der Waals surface area contributed by atoms with Crippen molar-refractivity contribution in [3.05, 3.63) is 28.7 Å². The van der Waals surface area contributed by atoms with Crippen LogP contribution in [0.25, 0.3) is 0 Å². The molecule has 0 unspecified atom stereocenters. The van der Waals surface area contributed by atoms with Gasteiger partial charge < -0.3 is 21.9 Å². The second kappa shape index (κ2) is 9.76. The lowest BCUT2D eigenvalue weighted by atomic mass is 9.97. The molecule has 3 amide bonds. The molecule has 170 valence electrons. The fraction of sp³-hybridized carbons (Fsp3) is 0.368. The van der Waals surface area contributed by atoms with Gasteiger partial charge in [-0.15, -0.1) is 0 Å². The minimum Gasteiger partial charge on any atom is -0.480 e. The first kappa shape index (κ1) is 22.5. The van der Waals surface area contributed by atoms with Crippen LogP contribution in [0.1, 0.15) is 32.1 Å². The molecule has 0 saturated heterocycles. The molecule has 13 nitrogen and oxygen atoms in total. The Morgan fingerprint density at radius 3 is 2.56 bits per heavy atom. The van der Waals surface area contributed by atoms with E-state index in [4.69, 9.17) is 11.5 Å². The van der Waals surface area contributed by atoms with Crippen molar-refractivity contribution in [2.45, 2.75) is 38.1 Å². The number of carbonyl (C=O) groups is 3. The van der Waals surface area contributed by atoms with Gasteiger partial charge in [-0.25, -0.2) is 14.6 Å². The maximum absolute atomic E-state index is 12.2. The number of hydrogen-bond acceptors (Lipinski definition) is 8. The Labute approximate surface area is 182 Å². The fourth-order valence-electron chi connectivity index (χ4n) is 3.70. The highest BCUT2D eigenvalue weighted by Gasteiger charge is 2.31. The van der Waals surface area contributed by atoms with Crippen LogP contribution in [0.5, 0.6) is 0 Å². The summed E-state index contributed by atoms with van der Waals surface area (Å²) in [5, 5.41) is 14.3. The van der Waals surface area contributed by atoms with Crippen molar-refractivity contribution < 1.29 is 19.5 Å². The standard InChI is InChI=1S/C19H24N8O5/c20-15-14(16(29)26-18(21)25-15)24-19(32)23-11-5-6-13(22-8-11)27(9-28)12(17(30)31)7-10-3-1-2-4-10/h5-6,8-10,12H,1-4,7H2,(H,30,31)(H2,23,24,32)(H5,20,21,25,26,29)/t12-/m0/s1. The number of aliphatic carboxylic acids is 1. The number of pyridine rings is 1. The summed E-state index contributed by atoms with van der Waals surface area (Å²) in [6.07, 6.45) is 6.06. The Kier molecular flexibility index (Phi) is 6.87. The van der Waals surface area contributed by atoms with E-state index in [1.54, 1.807) is 0 Å². The molecule has 0 spiro atoms. The van der Waals surface area contributed by atoms with Gasteiger partial charge in [0.25, 0.3) is 5.56 Å². The number of carboxylic acid groups (broad SMARTS) is 1. The highest BCUT2D eigenvalue weighted by Crippen LogP contribution is 2.30. The van der Waals surface area contributed by atoms with Crippen LogP contribution in [-0.2, 0) is 9.59 Å². The lowest BCUT2D eigenvalue weighted by molar-refractivity contribution is -0.139. The first-order chi connectivity index (χ1) is 15.3. The molecule has 1 aliphatic rings. The lowest BCUT2D eigenvalue weighted by Crippen LogP contribution is -2.42. The number of urea groups is 1. The molecule has 2 heterocycles. The third kappa shape index (κ3) is 5.30. The largest absolute Gasteiger partial charge is 0.480 e. The maximum atomic E-state index is 12.2. The van der Waals surface area contributed by atoms with Gasteiger partial charge in [0.15, 0.2) is 11.5 Å². The molecule has 13 heteroatoms. The van der Waals surface area contributed by atoms with Gasteiger partial charge in [0.2, 0.25) is 12.4 Å². The summed E-state index contributed by atoms with van der Waals surface area (Å²) in [5.41, 5.74) is 10.2. The Hall–Kier alpha value is -4.16. The maximum Gasteiger partial charge on any atom is 0.326 e. The molecule has 32 heavy (non-hydrogen) atoms. The molecule has 0 radical (unpaired) electrons. The quantitative estimate of drug-likeness (QED) is 0.320. The van der Waals surface area contributed by atoms with Crippen LogP contribution in [0, 0.1) is 5.92 Å². The van der Waals surface area contributed by atoms with Gasteiger partial charge in [0, 0.05) is 0 Å². The Bertz CT molecular complexity index is 1050. The van der Waals surface area contributed by atoms with Crippen LogP contribution >= 0.6 is 0 Å². The second-order valence-electron chi connectivity index (χ2n) is 7.45. The number of nitrogens with zero attached hydrogens (tertiary/aromatic N) is 3. The van der Waals surface area contributed by atoms with Gasteiger partial charge in [-0.05, 0) is 24.5 Å². The number of H-pyrrole nitrogens is 1. The summed E-state index contributed by atoms with van der Waals surface area (Å²) in [7, 11) is 0. The molecule has 8 N–H and O–H groups in total. The minimum absolute atomic E-state index is 0.139. The number of hydrogen-bond donors (Lipinski definition) is 6. The minimum atomic E-state index is -1.10. The molecule has 1 atom stereocenters.